The van der Waals surface area contributed by atoms with Crippen LogP contribution in [0, 0.1) is 5.82 Å². The molecule has 7 heteroatoms. The van der Waals surface area contributed by atoms with Crippen LogP contribution in [0.5, 0.6) is 0 Å². The first-order chi connectivity index (χ1) is 13.5. The average molecular weight is 463 g/mol. The summed E-state index contributed by atoms with van der Waals surface area (Å²) < 4.78 is 19.3. The quantitative estimate of drug-likeness (QED) is 0.607. The molecule has 0 bridgehead atoms. The second kappa shape index (κ2) is 9.39. The van der Waals surface area contributed by atoms with E-state index in [-0.39, 0.29) is 11.8 Å². The molecule has 1 aliphatic heterocycles. The minimum Gasteiger partial charge on any atom is -0.463 e. The fourth-order valence-corrected chi connectivity index (χ4v) is 4.16. The van der Waals surface area contributed by atoms with Gasteiger partial charge in [0, 0.05) is 15.9 Å². The van der Waals surface area contributed by atoms with Crippen LogP contribution in [0.4, 0.5) is 4.39 Å². The molecule has 0 saturated heterocycles. The highest BCUT2D eigenvalue weighted by Gasteiger charge is 2.30. The lowest BCUT2D eigenvalue weighted by Crippen LogP contribution is -2.30. The Morgan fingerprint density at radius 3 is 2.71 bits per heavy atom. The van der Waals surface area contributed by atoms with Crippen LogP contribution >= 0.6 is 27.7 Å². The molecule has 1 N–H and O–H groups in total. The van der Waals surface area contributed by atoms with E-state index >= 15 is 0 Å². The molecule has 4 nitrogen and oxygen atoms in total. The van der Waals surface area contributed by atoms with Gasteiger partial charge in [-0.3, -0.25) is 0 Å². The van der Waals surface area contributed by atoms with E-state index in [1.807, 2.05) is 31.2 Å². The van der Waals surface area contributed by atoms with Gasteiger partial charge in [0.25, 0.3) is 0 Å². The third-order valence-corrected chi connectivity index (χ3v) is 5.62. The Morgan fingerprint density at radius 1 is 1.29 bits per heavy atom. The van der Waals surface area contributed by atoms with Crippen LogP contribution in [0.3, 0.4) is 0 Å². The van der Waals surface area contributed by atoms with Crippen molar-refractivity contribution in [2.24, 2.45) is 4.99 Å². The van der Waals surface area contributed by atoms with Crippen molar-refractivity contribution in [3.05, 3.63) is 81.2 Å². The Hall–Kier alpha value is -2.12. The smallest absolute Gasteiger partial charge is 0.338 e. The summed E-state index contributed by atoms with van der Waals surface area (Å²) in [6.45, 7) is 3.94. The molecular formula is C21H20BrFN2O2S. The monoisotopic (exact) mass is 462 g/mol. The first kappa shape index (κ1) is 20.6. The zero-order chi connectivity index (χ0) is 20.1. The second-order valence-electron chi connectivity index (χ2n) is 6.19. The largest absolute Gasteiger partial charge is 0.463 e. The van der Waals surface area contributed by atoms with Crippen molar-refractivity contribution in [1.29, 1.82) is 0 Å². The number of ether oxygens (including phenoxy) is 1. The molecule has 0 fully saturated rings. The highest BCUT2D eigenvalue weighted by atomic mass is 79.9. The van der Waals surface area contributed by atoms with Gasteiger partial charge in [-0.15, -0.1) is 0 Å². The summed E-state index contributed by atoms with van der Waals surface area (Å²) in [6.07, 6.45) is 0. The summed E-state index contributed by atoms with van der Waals surface area (Å²) in [4.78, 5) is 17.3. The Labute approximate surface area is 176 Å². The molecule has 146 valence electrons. The molecule has 2 aromatic rings. The number of hydrogen-bond acceptors (Lipinski definition) is 5. The van der Waals surface area contributed by atoms with E-state index < -0.39 is 6.04 Å². The molecule has 0 unspecified atom stereocenters. The Bertz CT molecular complexity index is 928. The number of carbonyl (C=O) groups excluding carboxylic acids is 1. The molecule has 0 radical (unpaired) electrons. The zero-order valence-electron chi connectivity index (χ0n) is 15.5. The molecule has 1 heterocycles. The van der Waals surface area contributed by atoms with Crippen LogP contribution in [0.15, 0.2) is 69.3 Å². The molecule has 0 aliphatic carbocycles. The van der Waals surface area contributed by atoms with E-state index in [0.717, 1.165) is 21.3 Å². The average Bonchev–Trinajstić information content (AvgIpc) is 2.67. The zero-order valence-corrected chi connectivity index (χ0v) is 17.9. The maximum Gasteiger partial charge on any atom is 0.338 e. The number of halogens is 2. The lowest BCUT2D eigenvalue weighted by molar-refractivity contribution is -0.138. The summed E-state index contributed by atoms with van der Waals surface area (Å²) in [5, 5.41) is 3.92. The molecule has 3 rings (SSSR count). The molecular weight excluding hydrogens is 443 g/mol. The van der Waals surface area contributed by atoms with Crippen LogP contribution in [0.1, 0.15) is 31.0 Å². The Morgan fingerprint density at radius 2 is 2.04 bits per heavy atom. The van der Waals surface area contributed by atoms with Gasteiger partial charge in [0.2, 0.25) is 0 Å². The first-order valence-electron chi connectivity index (χ1n) is 8.83. The highest BCUT2D eigenvalue weighted by Crippen LogP contribution is 2.34. The number of amidine groups is 1. The normalized spacial score (nSPS) is 16.4. The van der Waals surface area contributed by atoms with Gasteiger partial charge >= 0.3 is 5.97 Å². The SMILES string of the molecule is CCOC(=O)C1=C(C)NC(SCc2ccc(F)cc2)=N[C@H]1c1cccc(Br)c1. The standard InChI is InChI=1S/C21H20BrFN2O2S/c1-3-27-20(26)18-13(2)24-21(28-12-14-7-9-17(23)10-8-14)25-19(18)15-5-4-6-16(22)11-15/h4-11,19H,3,12H2,1-2H3,(H,24,25)/t19-/m0/s1. The third kappa shape index (κ3) is 5.02. The highest BCUT2D eigenvalue weighted by molar-refractivity contribution is 9.10. The van der Waals surface area contributed by atoms with Gasteiger partial charge in [-0.2, -0.15) is 0 Å². The minimum absolute atomic E-state index is 0.255. The van der Waals surface area contributed by atoms with Crippen molar-refractivity contribution in [1.82, 2.24) is 5.32 Å². The fourth-order valence-electron chi connectivity index (χ4n) is 2.84. The predicted octanol–water partition coefficient (Wildman–Crippen LogP) is 5.36. The van der Waals surface area contributed by atoms with Crippen LogP contribution < -0.4 is 5.32 Å². The third-order valence-electron chi connectivity index (χ3n) is 4.17. The lowest BCUT2D eigenvalue weighted by atomic mass is 9.97. The summed E-state index contributed by atoms with van der Waals surface area (Å²) in [6, 6.07) is 13.7. The number of rotatable bonds is 5. The van der Waals surface area contributed by atoms with E-state index in [2.05, 4.69) is 21.2 Å². The van der Waals surface area contributed by atoms with Crippen LogP contribution in [0.2, 0.25) is 0 Å². The Kier molecular flexibility index (Phi) is 6.91. The lowest BCUT2D eigenvalue weighted by Gasteiger charge is -2.26. The second-order valence-corrected chi connectivity index (χ2v) is 8.07. The maximum atomic E-state index is 13.1. The topological polar surface area (TPSA) is 50.7 Å². The molecule has 1 atom stereocenters. The molecule has 0 saturated carbocycles. The van der Waals surface area contributed by atoms with Crippen LogP contribution in [0.25, 0.3) is 0 Å². The molecule has 1 aliphatic rings. The van der Waals surface area contributed by atoms with E-state index in [9.17, 15) is 9.18 Å². The summed E-state index contributed by atoms with van der Waals surface area (Å²) >= 11 is 4.99. The summed E-state index contributed by atoms with van der Waals surface area (Å²) in [5.41, 5.74) is 3.12. The number of carbonyl (C=O) groups is 1. The van der Waals surface area contributed by atoms with Crippen LogP contribution in [-0.4, -0.2) is 17.7 Å². The van der Waals surface area contributed by atoms with Crippen molar-refractivity contribution in [3.63, 3.8) is 0 Å². The number of nitrogens with zero attached hydrogens (tertiary/aromatic N) is 1. The van der Waals surface area contributed by atoms with E-state index in [0.29, 0.717) is 23.1 Å². The van der Waals surface area contributed by atoms with Crippen molar-refractivity contribution < 1.29 is 13.9 Å². The van der Waals surface area contributed by atoms with Gasteiger partial charge in [0.05, 0.1) is 12.2 Å². The maximum absolute atomic E-state index is 13.1. The van der Waals surface area contributed by atoms with Crippen molar-refractivity contribution in [2.45, 2.75) is 25.6 Å². The van der Waals surface area contributed by atoms with Crippen molar-refractivity contribution in [2.75, 3.05) is 6.61 Å². The van der Waals surface area contributed by atoms with Gasteiger partial charge < -0.3 is 10.1 Å². The number of esters is 1. The van der Waals surface area contributed by atoms with Gasteiger partial charge in [-0.1, -0.05) is 52.0 Å². The molecule has 0 spiro atoms. The summed E-state index contributed by atoms with van der Waals surface area (Å²) in [5.74, 6) is 0.0116. The molecule has 0 aromatic heterocycles. The minimum atomic E-state index is -0.450. The number of allylic oxidation sites excluding steroid dienone is 1. The molecule has 0 amide bonds. The van der Waals surface area contributed by atoms with Gasteiger partial charge in [-0.05, 0) is 49.2 Å². The number of hydrogen-bond donors (Lipinski definition) is 1. The van der Waals surface area contributed by atoms with Gasteiger partial charge in [0.15, 0.2) is 5.17 Å². The number of nitrogens with one attached hydrogen (secondary N) is 1. The number of aliphatic imine (C=N–C) groups is 1. The number of thioether (sulfide) groups is 1. The summed E-state index contributed by atoms with van der Waals surface area (Å²) in [7, 11) is 0. The van der Waals surface area contributed by atoms with E-state index in [1.54, 1.807) is 19.1 Å². The van der Waals surface area contributed by atoms with E-state index in [1.165, 1.54) is 23.9 Å². The first-order valence-corrected chi connectivity index (χ1v) is 10.6. The van der Waals surface area contributed by atoms with Gasteiger partial charge in [0.1, 0.15) is 11.9 Å². The fraction of sp³-hybridized carbons (Fsp3) is 0.238. The number of benzene rings is 2. The van der Waals surface area contributed by atoms with E-state index in [4.69, 9.17) is 9.73 Å². The molecule has 28 heavy (non-hydrogen) atoms. The van der Waals surface area contributed by atoms with Crippen molar-refractivity contribution in [3.8, 4) is 0 Å². The van der Waals surface area contributed by atoms with Crippen molar-refractivity contribution >= 4 is 38.8 Å². The van der Waals surface area contributed by atoms with Gasteiger partial charge in [-0.25, -0.2) is 14.2 Å². The molecule has 2 aromatic carbocycles. The Balaban J connectivity index is 1.87. The predicted molar refractivity (Wildman–Crippen MR) is 114 cm³/mol. The van der Waals surface area contributed by atoms with Crippen LogP contribution in [-0.2, 0) is 15.3 Å².